The smallest absolute Gasteiger partial charge is 0.254 e. The van der Waals surface area contributed by atoms with E-state index < -0.39 is 0 Å². The van der Waals surface area contributed by atoms with E-state index in [1.807, 2.05) is 42.5 Å². The fourth-order valence-electron chi connectivity index (χ4n) is 2.72. The molecule has 0 bridgehead atoms. The monoisotopic (exact) mass is 361 g/mol. The summed E-state index contributed by atoms with van der Waals surface area (Å²) in [5.41, 5.74) is 2.30. The van der Waals surface area contributed by atoms with Crippen LogP contribution in [0.1, 0.15) is 29.8 Å². The van der Waals surface area contributed by atoms with Gasteiger partial charge in [0.25, 0.3) is 5.91 Å². The fourth-order valence-corrected chi connectivity index (χ4v) is 2.72. The van der Waals surface area contributed by atoms with E-state index in [9.17, 15) is 4.79 Å². The molecule has 27 heavy (non-hydrogen) atoms. The number of amides is 1. The van der Waals surface area contributed by atoms with Crippen LogP contribution in [0.15, 0.2) is 61.1 Å². The highest BCUT2D eigenvalue weighted by Crippen LogP contribution is 2.13. The number of rotatable bonds is 7. The molecule has 0 radical (unpaired) electrons. The van der Waals surface area contributed by atoms with Crippen LogP contribution < -0.4 is 10.2 Å². The minimum atomic E-state index is -0.206. The first kappa shape index (κ1) is 18.5. The maximum Gasteiger partial charge on any atom is 0.254 e. The number of pyridine rings is 1. The summed E-state index contributed by atoms with van der Waals surface area (Å²) in [6, 6.07) is 13.6. The van der Waals surface area contributed by atoms with Gasteiger partial charge in [-0.05, 0) is 25.5 Å². The first-order valence-corrected chi connectivity index (χ1v) is 9.06. The Bertz CT molecular complexity index is 859. The van der Waals surface area contributed by atoms with E-state index in [0.29, 0.717) is 17.9 Å². The maximum absolute atomic E-state index is 12.3. The molecule has 3 rings (SSSR count). The molecule has 0 atom stereocenters. The second-order valence-electron chi connectivity index (χ2n) is 6.04. The SMILES string of the molecule is CCN(CC)c1ccc(CNC(=O)c2cnc(-c3ccccc3)nc2)cn1. The normalized spacial score (nSPS) is 10.4. The molecule has 138 valence electrons. The molecule has 0 saturated carbocycles. The molecule has 2 aromatic heterocycles. The van der Waals surface area contributed by atoms with Crippen molar-refractivity contribution in [2.75, 3.05) is 18.0 Å². The Hall–Kier alpha value is -3.28. The molecule has 0 aliphatic rings. The van der Waals surface area contributed by atoms with E-state index in [4.69, 9.17) is 0 Å². The average Bonchev–Trinajstić information content (AvgIpc) is 2.74. The van der Waals surface area contributed by atoms with Crippen LogP contribution in [0.3, 0.4) is 0 Å². The van der Waals surface area contributed by atoms with Crippen LogP contribution in [0.4, 0.5) is 5.82 Å². The minimum absolute atomic E-state index is 0.206. The molecular weight excluding hydrogens is 338 g/mol. The molecule has 0 aliphatic heterocycles. The fraction of sp³-hybridized carbons (Fsp3) is 0.238. The van der Waals surface area contributed by atoms with E-state index in [0.717, 1.165) is 30.0 Å². The van der Waals surface area contributed by atoms with Crippen molar-refractivity contribution in [3.8, 4) is 11.4 Å². The van der Waals surface area contributed by atoms with Gasteiger partial charge >= 0.3 is 0 Å². The van der Waals surface area contributed by atoms with Crippen molar-refractivity contribution >= 4 is 11.7 Å². The third-order valence-electron chi connectivity index (χ3n) is 4.30. The summed E-state index contributed by atoms with van der Waals surface area (Å²) in [6.07, 6.45) is 4.89. The molecule has 0 fully saturated rings. The van der Waals surface area contributed by atoms with Crippen molar-refractivity contribution in [1.82, 2.24) is 20.3 Å². The van der Waals surface area contributed by atoms with Crippen LogP contribution >= 0.6 is 0 Å². The van der Waals surface area contributed by atoms with E-state index in [-0.39, 0.29) is 5.91 Å². The number of carbonyl (C=O) groups excluding carboxylic acids is 1. The van der Waals surface area contributed by atoms with Gasteiger partial charge in [-0.2, -0.15) is 0 Å². The lowest BCUT2D eigenvalue weighted by Gasteiger charge is -2.19. The van der Waals surface area contributed by atoms with Gasteiger partial charge in [-0.25, -0.2) is 15.0 Å². The Morgan fingerprint density at radius 1 is 0.926 bits per heavy atom. The summed E-state index contributed by atoms with van der Waals surface area (Å²) in [7, 11) is 0. The molecule has 6 nitrogen and oxygen atoms in total. The van der Waals surface area contributed by atoms with Crippen LogP contribution in [0.2, 0.25) is 0 Å². The Balaban J connectivity index is 1.59. The highest BCUT2D eigenvalue weighted by Gasteiger charge is 2.09. The van der Waals surface area contributed by atoms with Gasteiger partial charge < -0.3 is 10.2 Å². The summed E-state index contributed by atoms with van der Waals surface area (Å²) in [6.45, 7) is 6.44. The van der Waals surface area contributed by atoms with Gasteiger partial charge in [0, 0.05) is 43.8 Å². The first-order valence-electron chi connectivity index (χ1n) is 9.06. The van der Waals surface area contributed by atoms with Gasteiger partial charge in [-0.15, -0.1) is 0 Å². The second kappa shape index (κ2) is 8.89. The van der Waals surface area contributed by atoms with Crippen molar-refractivity contribution in [3.05, 3.63) is 72.2 Å². The lowest BCUT2D eigenvalue weighted by Crippen LogP contribution is -2.24. The van der Waals surface area contributed by atoms with Gasteiger partial charge in [0.15, 0.2) is 5.82 Å². The zero-order valence-corrected chi connectivity index (χ0v) is 15.6. The maximum atomic E-state index is 12.3. The van der Waals surface area contributed by atoms with Crippen LogP contribution in [0.25, 0.3) is 11.4 Å². The van der Waals surface area contributed by atoms with Gasteiger partial charge in [-0.1, -0.05) is 36.4 Å². The predicted molar refractivity (Wildman–Crippen MR) is 106 cm³/mol. The van der Waals surface area contributed by atoms with E-state index in [2.05, 4.69) is 39.0 Å². The van der Waals surface area contributed by atoms with Crippen molar-refractivity contribution in [1.29, 1.82) is 0 Å². The number of carbonyl (C=O) groups is 1. The molecule has 0 aliphatic carbocycles. The number of benzene rings is 1. The van der Waals surface area contributed by atoms with Gasteiger partial charge in [0.1, 0.15) is 5.82 Å². The molecule has 2 heterocycles. The predicted octanol–water partition coefficient (Wildman–Crippen LogP) is 3.31. The van der Waals surface area contributed by atoms with E-state index >= 15 is 0 Å². The average molecular weight is 361 g/mol. The molecule has 1 amide bonds. The van der Waals surface area contributed by atoms with Gasteiger partial charge in [0.2, 0.25) is 0 Å². The van der Waals surface area contributed by atoms with Crippen molar-refractivity contribution in [2.45, 2.75) is 20.4 Å². The standard InChI is InChI=1S/C21H23N5O/c1-3-26(4-2)19-11-10-16(12-22-19)13-25-21(27)18-14-23-20(24-15-18)17-8-6-5-7-9-17/h5-12,14-15H,3-4,13H2,1-2H3,(H,25,27). The lowest BCUT2D eigenvalue weighted by molar-refractivity contribution is 0.0950. The summed E-state index contributed by atoms with van der Waals surface area (Å²) in [5, 5.41) is 2.88. The molecule has 1 aromatic carbocycles. The Morgan fingerprint density at radius 2 is 1.63 bits per heavy atom. The Kier molecular flexibility index (Phi) is 6.10. The lowest BCUT2D eigenvalue weighted by atomic mass is 10.2. The molecule has 1 N–H and O–H groups in total. The first-order chi connectivity index (χ1) is 13.2. The molecule has 0 saturated heterocycles. The zero-order chi connectivity index (χ0) is 19.1. The molecule has 0 spiro atoms. The van der Waals surface area contributed by atoms with Crippen molar-refractivity contribution < 1.29 is 4.79 Å². The van der Waals surface area contributed by atoms with Crippen LogP contribution in [-0.4, -0.2) is 33.9 Å². The Morgan fingerprint density at radius 3 is 2.22 bits per heavy atom. The number of hydrogen-bond acceptors (Lipinski definition) is 5. The largest absolute Gasteiger partial charge is 0.357 e. The topological polar surface area (TPSA) is 71.0 Å². The minimum Gasteiger partial charge on any atom is -0.357 e. The van der Waals surface area contributed by atoms with E-state index in [1.54, 1.807) is 18.6 Å². The molecule has 0 unspecified atom stereocenters. The van der Waals surface area contributed by atoms with Crippen molar-refractivity contribution in [3.63, 3.8) is 0 Å². The highest BCUT2D eigenvalue weighted by molar-refractivity contribution is 5.93. The third kappa shape index (κ3) is 4.67. The number of nitrogens with zero attached hydrogens (tertiary/aromatic N) is 4. The van der Waals surface area contributed by atoms with E-state index in [1.165, 1.54) is 0 Å². The van der Waals surface area contributed by atoms with Crippen LogP contribution in [-0.2, 0) is 6.54 Å². The number of aromatic nitrogens is 3. The summed E-state index contributed by atoms with van der Waals surface area (Å²) >= 11 is 0. The number of nitrogens with one attached hydrogen (secondary N) is 1. The zero-order valence-electron chi connectivity index (χ0n) is 15.6. The second-order valence-corrected chi connectivity index (χ2v) is 6.04. The van der Waals surface area contributed by atoms with Crippen LogP contribution in [0.5, 0.6) is 0 Å². The van der Waals surface area contributed by atoms with Crippen LogP contribution in [0, 0.1) is 0 Å². The number of anilines is 1. The van der Waals surface area contributed by atoms with Gasteiger partial charge in [0.05, 0.1) is 5.56 Å². The molecule has 6 heteroatoms. The van der Waals surface area contributed by atoms with Crippen molar-refractivity contribution in [2.24, 2.45) is 0 Å². The molecular formula is C21H23N5O. The molecule has 3 aromatic rings. The quantitative estimate of drug-likeness (QED) is 0.699. The van der Waals surface area contributed by atoms with Gasteiger partial charge in [-0.3, -0.25) is 4.79 Å². The summed E-state index contributed by atoms with van der Waals surface area (Å²) in [5.74, 6) is 1.34. The summed E-state index contributed by atoms with van der Waals surface area (Å²) < 4.78 is 0. The third-order valence-corrected chi connectivity index (χ3v) is 4.30. The summed E-state index contributed by atoms with van der Waals surface area (Å²) in [4.78, 5) is 27.5. The highest BCUT2D eigenvalue weighted by atomic mass is 16.1. The number of hydrogen-bond donors (Lipinski definition) is 1. The Labute approximate surface area is 159 Å².